The number of nitrogens with zero attached hydrogens (tertiary/aromatic N) is 2. The lowest BCUT2D eigenvalue weighted by atomic mass is 9.84. The number of aryl methyl sites for hydroxylation is 1. The molecule has 6 heteroatoms. The Morgan fingerprint density at radius 2 is 1.71 bits per heavy atom. The van der Waals surface area contributed by atoms with Gasteiger partial charge in [0.15, 0.2) is 0 Å². The van der Waals surface area contributed by atoms with Crippen molar-refractivity contribution in [1.82, 2.24) is 4.90 Å². The Kier molecular flexibility index (Phi) is 7.75. The molecular weight excluding hydrogens is 440 g/mol. The van der Waals surface area contributed by atoms with E-state index in [1.807, 2.05) is 82.2 Å². The van der Waals surface area contributed by atoms with Crippen molar-refractivity contribution in [3.05, 3.63) is 70.3 Å². The number of hydrogen-bond acceptors (Lipinski definition) is 5. The molecule has 0 spiro atoms. The summed E-state index contributed by atoms with van der Waals surface area (Å²) in [6.07, 6.45) is 0.00688. The molecule has 0 radical (unpaired) electrons. The molecule has 188 valence electrons. The molecule has 1 aliphatic heterocycles. The molecule has 1 amide bonds. The van der Waals surface area contributed by atoms with Crippen LogP contribution in [0.15, 0.2) is 48.0 Å². The molecule has 1 fully saturated rings. The number of carbonyl (C=O) groups is 2. The van der Waals surface area contributed by atoms with Crippen LogP contribution in [0.2, 0.25) is 0 Å². The summed E-state index contributed by atoms with van der Waals surface area (Å²) in [6.45, 7) is 12.6. The first-order chi connectivity index (χ1) is 16.3. The zero-order chi connectivity index (χ0) is 26.1. The molecule has 1 aliphatic rings. The molecule has 3 rings (SSSR count). The molecular formula is C29H38N2O4. The molecule has 0 bridgehead atoms. The number of benzene rings is 2. The van der Waals surface area contributed by atoms with Gasteiger partial charge >= 0.3 is 0 Å². The second-order valence-electron chi connectivity index (χ2n) is 10.7. The average Bonchev–Trinajstić information content (AvgIpc) is 3.03. The lowest BCUT2D eigenvalue weighted by Gasteiger charge is -2.26. The highest BCUT2D eigenvalue weighted by atomic mass is 16.5. The van der Waals surface area contributed by atoms with Crippen LogP contribution in [-0.4, -0.2) is 55.0 Å². The second-order valence-corrected chi connectivity index (χ2v) is 10.7. The normalized spacial score (nSPS) is 18.0. The Hall–Kier alpha value is -3.12. The number of rotatable bonds is 7. The molecule has 2 aromatic carbocycles. The molecule has 35 heavy (non-hydrogen) atoms. The smallest absolute Gasteiger partial charge is 0.295 e. The van der Waals surface area contributed by atoms with Crippen molar-refractivity contribution >= 4 is 23.1 Å². The summed E-state index contributed by atoms with van der Waals surface area (Å²) in [5, 5.41) is 11.5. The van der Waals surface area contributed by atoms with Crippen LogP contribution < -0.4 is 4.90 Å². The summed E-state index contributed by atoms with van der Waals surface area (Å²) in [6, 6.07) is 12.9. The minimum absolute atomic E-state index is 0.00688. The Bertz CT molecular complexity index is 1120. The summed E-state index contributed by atoms with van der Waals surface area (Å²) >= 11 is 0. The van der Waals surface area contributed by atoms with Crippen LogP contribution in [0, 0.1) is 6.92 Å². The molecule has 1 heterocycles. The van der Waals surface area contributed by atoms with Crippen LogP contribution in [0.4, 0.5) is 5.69 Å². The van der Waals surface area contributed by atoms with Crippen molar-refractivity contribution in [2.24, 2.45) is 0 Å². The third kappa shape index (κ3) is 5.59. The molecule has 0 saturated carbocycles. The van der Waals surface area contributed by atoms with Gasteiger partial charge < -0.3 is 19.6 Å². The zero-order valence-electron chi connectivity index (χ0n) is 22.2. The van der Waals surface area contributed by atoms with Gasteiger partial charge in [-0.1, -0.05) is 45.0 Å². The van der Waals surface area contributed by atoms with E-state index in [9.17, 15) is 14.7 Å². The highest BCUT2D eigenvalue weighted by molar-refractivity contribution is 6.46. The van der Waals surface area contributed by atoms with Crippen molar-refractivity contribution in [3.8, 4) is 0 Å². The summed E-state index contributed by atoms with van der Waals surface area (Å²) < 4.78 is 5.68. The van der Waals surface area contributed by atoms with Crippen LogP contribution in [0.5, 0.6) is 0 Å². The molecule has 1 unspecified atom stereocenters. The van der Waals surface area contributed by atoms with E-state index >= 15 is 0 Å². The van der Waals surface area contributed by atoms with Gasteiger partial charge in [-0.15, -0.1) is 0 Å². The fourth-order valence-corrected chi connectivity index (χ4v) is 4.29. The van der Waals surface area contributed by atoms with E-state index < -0.39 is 17.7 Å². The SMILES string of the molecule is Cc1ccc(C(C)(C)C)cc1/C(O)=C1\C(=O)C(=O)N(CCOC(C)C)C1c1ccc(N(C)C)cc1. The number of anilines is 1. The van der Waals surface area contributed by atoms with Gasteiger partial charge in [-0.3, -0.25) is 9.59 Å². The molecule has 2 aromatic rings. The highest BCUT2D eigenvalue weighted by Gasteiger charge is 2.46. The van der Waals surface area contributed by atoms with Crippen LogP contribution >= 0.6 is 0 Å². The first kappa shape index (κ1) is 26.5. The third-order valence-corrected chi connectivity index (χ3v) is 6.41. The lowest BCUT2D eigenvalue weighted by Crippen LogP contribution is -2.33. The van der Waals surface area contributed by atoms with Crippen LogP contribution in [0.3, 0.4) is 0 Å². The predicted octanol–water partition coefficient (Wildman–Crippen LogP) is 5.21. The number of Topliss-reactive ketones (excluding diaryl/α,β-unsaturated/α-hetero) is 1. The van der Waals surface area contributed by atoms with Gasteiger partial charge in [-0.25, -0.2) is 0 Å². The fourth-order valence-electron chi connectivity index (χ4n) is 4.29. The second kappa shape index (κ2) is 10.2. The van der Waals surface area contributed by atoms with Gasteiger partial charge in [-0.2, -0.15) is 0 Å². The van der Waals surface area contributed by atoms with Gasteiger partial charge in [0, 0.05) is 31.9 Å². The number of amides is 1. The average molecular weight is 479 g/mol. The van der Waals surface area contributed by atoms with E-state index in [4.69, 9.17) is 4.74 Å². The summed E-state index contributed by atoms with van der Waals surface area (Å²) in [5.41, 5.74) is 4.20. The zero-order valence-corrected chi connectivity index (χ0v) is 22.2. The molecule has 1 N–H and O–H groups in total. The van der Waals surface area contributed by atoms with Crippen molar-refractivity contribution in [3.63, 3.8) is 0 Å². The number of ketones is 1. The quantitative estimate of drug-likeness (QED) is 0.336. The molecule has 0 aliphatic carbocycles. The van der Waals surface area contributed by atoms with Crippen molar-refractivity contribution in [2.45, 2.75) is 59.1 Å². The van der Waals surface area contributed by atoms with E-state index in [2.05, 4.69) is 20.8 Å². The number of aliphatic hydroxyl groups is 1. The maximum Gasteiger partial charge on any atom is 0.295 e. The van der Waals surface area contributed by atoms with Crippen LogP contribution in [0.25, 0.3) is 5.76 Å². The first-order valence-electron chi connectivity index (χ1n) is 12.1. The number of likely N-dealkylation sites (tertiary alicyclic amines) is 1. The van der Waals surface area contributed by atoms with E-state index in [1.165, 1.54) is 4.90 Å². The number of carbonyl (C=O) groups excluding carboxylic acids is 2. The van der Waals surface area contributed by atoms with Crippen LogP contribution in [0.1, 0.15) is 62.9 Å². The lowest BCUT2D eigenvalue weighted by molar-refractivity contribution is -0.140. The van der Waals surface area contributed by atoms with Crippen molar-refractivity contribution < 1.29 is 19.4 Å². The standard InChI is InChI=1S/C29H38N2O4/c1-18(2)35-16-15-31-25(20-10-13-22(14-11-20)30(7)8)24(27(33)28(31)34)26(32)23-17-21(29(4,5)6)12-9-19(23)3/h9-14,17-18,25,32H,15-16H2,1-8H3/b26-24+. The van der Waals surface area contributed by atoms with E-state index in [1.54, 1.807) is 0 Å². The van der Waals surface area contributed by atoms with Gasteiger partial charge in [0.2, 0.25) is 0 Å². The number of hydrogen-bond donors (Lipinski definition) is 1. The fraction of sp³-hybridized carbons (Fsp3) is 0.448. The van der Waals surface area contributed by atoms with E-state index in [0.717, 1.165) is 22.4 Å². The third-order valence-electron chi connectivity index (χ3n) is 6.41. The van der Waals surface area contributed by atoms with E-state index in [0.29, 0.717) is 12.2 Å². The maximum atomic E-state index is 13.3. The Morgan fingerprint density at radius 3 is 2.26 bits per heavy atom. The Balaban J connectivity index is 2.17. The number of aliphatic hydroxyl groups excluding tert-OH is 1. The summed E-state index contributed by atoms with van der Waals surface area (Å²) in [5.74, 6) is -1.43. The van der Waals surface area contributed by atoms with Crippen molar-refractivity contribution in [2.75, 3.05) is 32.1 Å². The predicted molar refractivity (Wildman–Crippen MR) is 141 cm³/mol. The molecule has 0 aromatic heterocycles. The van der Waals surface area contributed by atoms with Gasteiger partial charge in [0.25, 0.3) is 11.7 Å². The van der Waals surface area contributed by atoms with Gasteiger partial charge in [0.1, 0.15) is 5.76 Å². The summed E-state index contributed by atoms with van der Waals surface area (Å²) in [7, 11) is 3.91. The topological polar surface area (TPSA) is 70.1 Å². The van der Waals surface area contributed by atoms with Crippen molar-refractivity contribution in [1.29, 1.82) is 0 Å². The monoisotopic (exact) mass is 478 g/mol. The Morgan fingerprint density at radius 1 is 1.09 bits per heavy atom. The minimum atomic E-state index is -0.695. The number of ether oxygens (including phenoxy) is 1. The highest BCUT2D eigenvalue weighted by Crippen LogP contribution is 2.40. The first-order valence-corrected chi connectivity index (χ1v) is 12.1. The summed E-state index contributed by atoms with van der Waals surface area (Å²) in [4.78, 5) is 30.0. The molecule has 1 saturated heterocycles. The van der Waals surface area contributed by atoms with Gasteiger partial charge in [-0.05, 0) is 61.1 Å². The van der Waals surface area contributed by atoms with Gasteiger partial charge in [0.05, 0.1) is 24.3 Å². The van der Waals surface area contributed by atoms with Crippen LogP contribution in [-0.2, 0) is 19.7 Å². The van der Waals surface area contributed by atoms with E-state index in [-0.39, 0.29) is 29.4 Å². The molecule has 6 nitrogen and oxygen atoms in total. The largest absolute Gasteiger partial charge is 0.507 e. The molecule has 1 atom stereocenters. The minimum Gasteiger partial charge on any atom is -0.507 e. The Labute approximate surface area is 209 Å². The maximum absolute atomic E-state index is 13.3.